The van der Waals surface area contributed by atoms with Gasteiger partial charge in [-0.15, -0.1) is 0 Å². The molecule has 41 heavy (non-hydrogen) atoms. The molecular weight excluding hydrogens is 526 g/mol. The fourth-order valence-electron chi connectivity index (χ4n) is 4.33. The van der Waals surface area contributed by atoms with Crippen molar-refractivity contribution < 1.29 is 28.7 Å². The summed E-state index contributed by atoms with van der Waals surface area (Å²) in [4.78, 5) is 22.6. The van der Waals surface area contributed by atoms with Gasteiger partial charge in [-0.25, -0.2) is 4.79 Å². The van der Waals surface area contributed by atoms with Gasteiger partial charge in [-0.05, 0) is 41.5 Å². The summed E-state index contributed by atoms with van der Waals surface area (Å²) < 4.78 is 22.5. The van der Waals surface area contributed by atoms with Crippen LogP contribution in [0.2, 0.25) is 0 Å². The number of fused-ring (bicyclic) bond motifs is 1. The maximum Gasteiger partial charge on any atom is 0.349 e. The summed E-state index contributed by atoms with van der Waals surface area (Å²) in [7, 11) is 0. The molecule has 0 bridgehead atoms. The van der Waals surface area contributed by atoms with Crippen LogP contribution in [-0.2, 0) is 11.4 Å². The summed E-state index contributed by atoms with van der Waals surface area (Å²) in [5.74, 6) is 0.163. The highest BCUT2D eigenvalue weighted by atomic mass is 16.6. The average molecular weight is 550 g/mol. The zero-order valence-corrected chi connectivity index (χ0v) is 21.6. The van der Waals surface area contributed by atoms with E-state index in [1.165, 1.54) is 30.3 Å². The molecule has 0 saturated carbocycles. The maximum atomic E-state index is 12.4. The van der Waals surface area contributed by atoms with Gasteiger partial charge in [-0.1, -0.05) is 48.5 Å². The Morgan fingerprint density at radius 2 is 1.68 bits per heavy atom. The molecule has 1 unspecified atom stereocenters. The Morgan fingerprint density at radius 3 is 2.41 bits per heavy atom. The Morgan fingerprint density at radius 1 is 0.927 bits per heavy atom. The van der Waals surface area contributed by atoms with Crippen molar-refractivity contribution in [2.24, 2.45) is 5.73 Å². The van der Waals surface area contributed by atoms with Crippen molar-refractivity contribution in [2.75, 3.05) is 6.61 Å². The van der Waals surface area contributed by atoms with Crippen LogP contribution < -0.4 is 24.7 Å². The van der Waals surface area contributed by atoms with E-state index in [-0.39, 0.29) is 28.6 Å². The van der Waals surface area contributed by atoms with Crippen LogP contribution in [0.15, 0.2) is 109 Å². The summed E-state index contributed by atoms with van der Waals surface area (Å²) in [5.41, 5.74) is 8.76. The maximum absolute atomic E-state index is 12.4. The normalized spacial score (nSPS) is 13.8. The highest BCUT2D eigenvalue weighted by Crippen LogP contribution is 2.44. The first kappa shape index (κ1) is 26.8. The lowest BCUT2D eigenvalue weighted by Gasteiger charge is -2.27. The smallest absolute Gasteiger partial charge is 0.349 e. The van der Waals surface area contributed by atoms with Crippen molar-refractivity contribution >= 4 is 11.7 Å². The summed E-state index contributed by atoms with van der Waals surface area (Å²) in [6, 6.07) is 29.5. The van der Waals surface area contributed by atoms with Gasteiger partial charge in [0, 0.05) is 23.8 Å². The van der Waals surface area contributed by atoms with Crippen LogP contribution in [0.5, 0.6) is 23.0 Å². The number of nitro groups is 1. The third-order valence-corrected chi connectivity index (χ3v) is 6.27. The Hall–Kier alpha value is -5.82. The van der Waals surface area contributed by atoms with E-state index in [9.17, 15) is 20.2 Å². The molecule has 0 amide bonds. The van der Waals surface area contributed by atoms with Gasteiger partial charge in [0.25, 0.3) is 5.69 Å². The Kier molecular flexibility index (Phi) is 7.79. The number of esters is 1. The molecule has 0 spiro atoms. The third kappa shape index (κ3) is 6.26. The minimum absolute atomic E-state index is 0.0504. The molecule has 10 nitrogen and oxygen atoms in total. The van der Waals surface area contributed by atoms with Crippen molar-refractivity contribution in [1.82, 2.24) is 0 Å². The second-order valence-corrected chi connectivity index (χ2v) is 8.98. The highest BCUT2D eigenvalue weighted by Gasteiger charge is 2.31. The molecular formula is C31H23N3O7. The van der Waals surface area contributed by atoms with Crippen molar-refractivity contribution in [3.63, 3.8) is 0 Å². The van der Waals surface area contributed by atoms with E-state index in [0.717, 1.165) is 11.1 Å². The van der Waals surface area contributed by atoms with Gasteiger partial charge in [-0.2, -0.15) is 5.26 Å². The average Bonchev–Trinajstić information content (AvgIpc) is 2.99. The van der Waals surface area contributed by atoms with Gasteiger partial charge >= 0.3 is 5.97 Å². The largest absolute Gasteiger partial charge is 0.489 e. The molecule has 2 N–H and O–H groups in total. The fraction of sp³-hybridized carbons (Fsp3) is 0.0968. The zero-order valence-electron chi connectivity index (χ0n) is 21.6. The molecule has 5 rings (SSSR count). The number of non-ortho nitro benzene ring substituents is 1. The number of ether oxygens (including phenoxy) is 4. The van der Waals surface area contributed by atoms with Crippen LogP contribution >= 0.6 is 0 Å². The van der Waals surface area contributed by atoms with Gasteiger partial charge in [0.15, 0.2) is 6.61 Å². The van der Waals surface area contributed by atoms with E-state index in [1.807, 2.05) is 54.6 Å². The lowest BCUT2D eigenvalue weighted by Crippen LogP contribution is -2.21. The molecule has 1 atom stereocenters. The van der Waals surface area contributed by atoms with Crippen LogP contribution in [0.3, 0.4) is 0 Å². The third-order valence-electron chi connectivity index (χ3n) is 6.27. The number of nitriles is 1. The number of carbonyl (C=O) groups is 1. The number of nitrogens with zero attached hydrogens (tertiary/aromatic N) is 2. The Balaban J connectivity index is 1.31. The topological polar surface area (TPSA) is 147 Å². The number of carbonyl (C=O) groups excluding carboxylic acids is 1. The molecule has 0 radical (unpaired) electrons. The second kappa shape index (κ2) is 11.9. The van der Waals surface area contributed by atoms with Gasteiger partial charge < -0.3 is 24.7 Å². The van der Waals surface area contributed by atoms with Crippen LogP contribution in [0.25, 0.3) is 0 Å². The first-order valence-corrected chi connectivity index (χ1v) is 12.5. The molecule has 0 saturated heterocycles. The number of nitro benzene ring substituents is 1. The number of rotatable bonds is 9. The van der Waals surface area contributed by atoms with Gasteiger partial charge in [-0.3, -0.25) is 10.1 Å². The minimum atomic E-state index is -0.694. The first-order chi connectivity index (χ1) is 19.9. The molecule has 1 aliphatic rings. The quantitative estimate of drug-likeness (QED) is 0.126. The lowest BCUT2D eigenvalue weighted by atomic mass is 9.83. The van der Waals surface area contributed by atoms with Gasteiger partial charge in [0.05, 0.1) is 10.8 Å². The van der Waals surface area contributed by atoms with E-state index < -0.39 is 23.4 Å². The van der Waals surface area contributed by atoms with Crippen LogP contribution in [-0.4, -0.2) is 17.5 Å². The highest BCUT2D eigenvalue weighted by molar-refractivity contribution is 5.74. The summed E-state index contributed by atoms with van der Waals surface area (Å²) in [6.07, 6.45) is 0. The molecule has 10 heteroatoms. The molecule has 0 fully saturated rings. The SMILES string of the molecule is N#CC1=C(N)Oc2cc(OC(=O)COc3ccc([N+](=O)[O-])cc3)ccc2C1c1cccc(OCc2ccccc2)c1. The number of nitrogens with two attached hydrogens (primary N) is 1. The number of benzene rings is 4. The second-order valence-electron chi connectivity index (χ2n) is 8.98. The Labute approximate surface area is 234 Å². The zero-order chi connectivity index (χ0) is 28.8. The van der Waals surface area contributed by atoms with E-state index in [1.54, 1.807) is 12.1 Å². The molecule has 0 aliphatic carbocycles. The monoisotopic (exact) mass is 549 g/mol. The first-order valence-electron chi connectivity index (χ1n) is 12.5. The standard InChI is InChI=1S/C31H23N3O7/c32-17-27-30(21-7-4-8-24(15-21)38-18-20-5-2-1-3-6-20)26-14-13-25(16-28(26)41-31(27)33)40-29(35)19-39-23-11-9-22(10-12-23)34(36)37/h1-16,30H,18-19,33H2. The van der Waals surface area contributed by atoms with Gasteiger partial charge in [0.2, 0.25) is 5.88 Å². The molecule has 204 valence electrons. The molecule has 4 aromatic rings. The van der Waals surface area contributed by atoms with E-state index >= 15 is 0 Å². The predicted molar refractivity (Wildman–Crippen MR) is 147 cm³/mol. The molecule has 4 aromatic carbocycles. The minimum Gasteiger partial charge on any atom is -0.489 e. The summed E-state index contributed by atoms with van der Waals surface area (Å²) in [5, 5.41) is 20.7. The lowest BCUT2D eigenvalue weighted by molar-refractivity contribution is -0.384. The van der Waals surface area contributed by atoms with Gasteiger partial charge in [0.1, 0.15) is 41.2 Å². The van der Waals surface area contributed by atoms with E-state index in [0.29, 0.717) is 23.7 Å². The molecule has 1 aliphatic heterocycles. The Bertz CT molecular complexity index is 1660. The van der Waals surface area contributed by atoms with Crippen molar-refractivity contribution in [2.45, 2.75) is 12.5 Å². The van der Waals surface area contributed by atoms with Crippen LogP contribution in [0.1, 0.15) is 22.6 Å². The number of allylic oxidation sites excluding steroid dienone is 1. The van der Waals surface area contributed by atoms with E-state index in [4.69, 9.17) is 24.7 Å². The molecule has 1 heterocycles. The van der Waals surface area contributed by atoms with Crippen molar-refractivity contribution in [1.29, 1.82) is 5.26 Å². The summed E-state index contributed by atoms with van der Waals surface area (Å²) in [6.45, 7) is -0.0326. The van der Waals surface area contributed by atoms with E-state index in [2.05, 4.69) is 6.07 Å². The number of hydrogen-bond donors (Lipinski definition) is 1. The van der Waals surface area contributed by atoms with Crippen LogP contribution in [0.4, 0.5) is 5.69 Å². The predicted octanol–water partition coefficient (Wildman–Crippen LogP) is 5.38. The van der Waals surface area contributed by atoms with Crippen molar-refractivity contribution in [3.8, 4) is 29.1 Å². The summed E-state index contributed by atoms with van der Waals surface area (Å²) >= 11 is 0. The number of hydrogen-bond acceptors (Lipinski definition) is 9. The van der Waals surface area contributed by atoms with Crippen molar-refractivity contribution in [3.05, 3.63) is 135 Å². The fourth-order valence-corrected chi connectivity index (χ4v) is 4.33. The van der Waals surface area contributed by atoms with Crippen LogP contribution in [0, 0.1) is 21.4 Å². The molecule has 0 aromatic heterocycles.